The summed E-state index contributed by atoms with van der Waals surface area (Å²) in [6.07, 6.45) is 8.40. The number of likely N-dealkylation sites (tertiary alicyclic amines) is 2. The molecule has 4 rings (SSSR count). The van der Waals surface area contributed by atoms with E-state index in [2.05, 4.69) is 38.4 Å². The minimum Gasteiger partial charge on any atom is -0.376 e. The van der Waals surface area contributed by atoms with Crippen LogP contribution in [0.4, 0.5) is 0 Å². The zero-order chi connectivity index (χ0) is 18.9. The summed E-state index contributed by atoms with van der Waals surface area (Å²) in [5, 5.41) is 8.41. The van der Waals surface area contributed by atoms with Crippen LogP contribution in [0.5, 0.6) is 0 Å². The number of rotatable bonds is 5. The molecular formula is C20H33N5O2. The van der Waals surface area contributed by atoms with E-state index in [4.69, 9.17) is 4.74 Å². The molecule has 3 saturated heterocycles. The molecule has 0 bridgehead atoms. The lowest BCUT2D eigenvalue weighted by molar-refractivity contribution is -0.141. The van der Waals surface area contributed by atoms with Crippen molar-refractivity contribution in [2.75, 3.05) is 32.8 Å². The van der Waals surface area contributed by atoms with Gasteiger partial charge in [0.2, 0.25) is 5.91 Å². The van der Waals surface area contributed by atoms with Crippen molar-refractivity contribution in [3.05, 3.63) is 12.2 Å². The second-order valence-corrected chi connectivity index (χ2v) is 8.93. The monoisotopic (exact) mass is 375 g/mol. The van der Waals surface area contributed by atoms with E-state index < -0.39 is 0 Å². The lowest BCUT2D eigenvalue weighted by Gasteiger charge is -2.47. The van der Waals surface area contributed by atoms with Crippen LogP contribution in [0.3, 0.4) is 0 Å². The Hall–Kier alpha value is -1.47. The predicted molar refractivity (Wildman–Crippen MR) is 102 cm³/mol. The molecule has 0 N–H and O–H groups in total. The van der Waals surface area contributed by atoms with Gasteiger partial charge in [-0.05, 0) is 64.5 Å². The van der Waals surface area contributed by atoms with Crippen LogP contribution in [-0.2, 0) is 16.1 Å². The molecule has 0 aliphatic carbocycles. The summed E-state index contributed by atoms with van der Waals surface area (Å²) in [7, 11) is 0. The van der Waals surface area contributed by atoms with Crippen molar-refractivity contribution in [1.29, 1.82) is 0 Å². The summed E-state index contributed by atoms with van der Waals surface area (Å²) in [5.74, 6) is 1.38. The maximum Gasteiger partial charge on any atom is 0.222 e. The maximum absolute atomic E-state index is 12.4. The first kappa shape index (κ1) is 18.9. The maximum atomic E-state index is 12.4. The van der Waals surface area contributed by atoms with Crippen molar-refractivity contribution >= 4 is 5.91 Å². The third kappa shape index (κ3) is 4.19. The van der Waals surface area contributed by atoms with Gasteiger partial charge in [0.25, 0.3) is 0 Å². The second-order valence-electron chi connectivity index (χ2n) is 8.93. The molecule has 27 heavy (non-hydrogen) atoms. The quantitative estimate of drug-likeness (QED) is 0.790. The van der Waals surface area contributed by atoms with Gasteiger partial charge in [-0.3, -0.25) is 9.69 Å². The standard InChI is InChI=1S/C20H33N5O2/c1-16(2)25-15-21-22-18(25)13-23-9-7-20(8-10-23)6-5-19(26)24(14-20)12-17-4-3-11-27-17/h15-17H,3-14H2,1-2H3. The van der Waals surface area contributed by atoms with Gasteiger partial charge in [-0.2, -0.15) is 0 Å². The lowest BCUT2D eigenvalue weighted by Crippen LogP contribution is -2.52. The van der Waals surface area contributed by atoms with Crippen molar-refractivity contribution in [3.63, 3.8) is 0 Å². The van der Waals surface area contributed by atoms with Gasteiger partial charge in [0.05, 0.1) is 12.6 Å². The first-order valence-electron chi connectivity index (χ1n) is 10.5. The van der Waals surface area contributed by atoms with E-state index >= 15 is 0 Å². The molecule has 1 amide bonds. The third-order valence-electron chi connectivity index (χ3n) is 6.68. The lowest BCUT2D eigenvalue weighted by atomic mass is 9.72. The molecule has 1 aromatic heterocycles. The van der Waals surface area contributed by atoms with Gasteiger partial charge in [-0.15, -0.1) is 10.2 Å². The van der Waals surface area contributed by atoms with E-state index in [9.17, 15) is 4.79 Å². The van der Waals surface area contributed by atoms with Crippen molar-refractivity contribution in [3.8, 4) is 0 Å². The van der Waals surface area contributed by atoms with Crippen LogP contribution in [0.25, 0.3) is 0 Å². The normalized spacial score (nSPS) is 26.4. The Kier molecular flexibility index (Phi) is 5.50. The highest BCUT2D eigenvalue weighted by Crippen LogP contribution is 2.40. The first-order chi connectivity index (χ1) is 13.0. The highest BCUT2D eigenvalue weighted by Gasteiger charge is 2.41. The molecule has 1 unspecified atom stereocenters. The minimum atomic E-state index is 0.256. The van der Waals surface area contributed by atoms with E-state index in [1.54, 1.807) is 0 Å². The molecule has 1 atom stereocenters. The van der Waals surface area contributed by atoms with Crippen LogP contribution in [0.2, 0.25) is 0 Å². The largest absolute Gasteiger partial charge is 0.376 e. The summed E-state index contributed by atoms with van der Waals surface area (Å²) < 4.78 is 7.93. The molecule has 3 aliphatic heterocycles. The van der Waals surface area contributed by atoms with Crippen LogP contribution in [0, 0.1) is 5.41 Å². The summed E-state index contributed by atoms with van der Waals surface area (Å²) >= 11 is 0. The number of carbonyl (C=O) groups is 1. The topological polar surface area (TPSA) is 63.5 Å². The number of piperidine rings is 2. The van der Waals surface area contributed by atoms with Crippen LogP contribution in [0.15, 0.2) is 6.33 Å². The van der Waals surface area contributed by atoms with Crippen LogP contribution >= 0.6 is 0 Å². The summed E-state index contributed by atoms with van der Waals surface area (Å²) in [5.41, 5.74) is 0.300. The summed E-state index contributed by atoms with van der Waals surface area (Å²) in [6.45, 7) is 9.92. The van der Waals surface area contributed by atoms with E-state index in [1.165, 1.54) is 0 Å². The zero-order valence-corrected chi connectivity index (χ0v) is 16.8. The molecule has 0 aromatic carbocycles. The van der Waals surface area contributed by atoms with E-state index in [0.29, 0.717) is 23.8 Å². The van der Waals surface area contributed by atoms with E-state index in [1.807, 2.05) is 6.33 Å². The van der Waals surface area contributed by atoms with Crippen molar-refractivity contribution < 1.29 is 9.53 Å². The highest BCUT2D eigenvalue weighted by atomic mass is 16.5. The molecule has 3 fully saturated rings. The molecular weight excluding hydrogens is 342 g/mol. The number of hydrogen-bond donors (Lipinski definition) is 0. The predicted octanol–water partition coefficient (Wildman–Crippen LogP) is 2.24. The molecule has 7 nitrogen and oxygen atoms in total. The Labute approximate surface area is 162 Å². The fraction of sp³-hybridized carbons (Fsp3) is 0.850. The fourth-order valence-electron chi connectivity index (χ4n) is 4.91. The number of nitrogens with zero attached hydrogens (tertiary/aromatic N) is 5. The van der Waals surface area contributed by atoms with Crippen LogP contribution < -0.4 is 0 Å². The Morgan fingerprint density at radius 1 is 1.30 bits per heavy atom. The smallest absolute Gasteiger partial charge is 0.222 e. The molecule has 1 spiro atoms. The van der Waals surface area contributed by atoms with Crippen molar-refractivity contribution in [2.24, 2.45) is 5.41 Å². The number of carbonyl (C=O) groups excluding carboxylic acids is 1. The Bertz CT molecular complexity index is 645. The average molecular weight is 376 g/mol. The van der Waals surface area contributed by atoms with Gasteiger partial charge in [0, 0.05) is 32.2 Å². The Morgan fingerprint density at radius 3 is 2.81 bits per heavy atom. The molecule has 0 saturated carbocycles. The molecule has 3 aliphatic rings. The molecule has 150 valence electrons. The molecule has 0 radical (unpaired) electrons. The summed E-state index contributed by atoms with van der Waals surface area (Å²) in [6, 6.07) is 0.391. The van der Waals surface area contributed by atoms with Crippen molar-refractivity contribution in [2.45, 2.75) is 71.1 Å². The van der Waals surface area contributed by atoms with Gasteiger partial charge in [0.1, 0.15) is 12.2 Å². The van der Waals surface area contributed by atoms with Gasteiger partial charge >= 0.3 is 0 Å². The Balaban J connectivity index is 1.33. The van der Waals surface area contributed by atoms with Gasteiger partial charge in [-0.1, -0.05) is 0 Å². The number of hydrogen-bond acceptors (Lipinski definition) is 5. The zero-order valence-electron chi connectivity index (χ0n) is 16.8. The third-order valence-corrected chi connectivity index (χ3v) is 6.68. The van der Waals surface area contributed by atoms with Gasteiger partial charge in [0.15, 0.2) is 0 Å². The van der Waals surface area contributed by atoms with Gasteiger partial charge < -0.3 is 14.2 Å². The number of amides is 1. The second kappa shape index (κ2) is 7.87. The van der Waals surface area contributed by atoms with E-state index in [0.717, 1.165) is 77.3 Å². The molecule has 4 heterocycles. The Morgan fingerprint density at radius 2 is 2.11 bits per heavy atom. The average Bonchev–Trinajstić information content (AvgIpc) is 3.32. The fourth-order valence-corrected chi connectivity index (χ4v) is 4.91. The number of aromatic nitrogens is 3. The summed E-state index contributed by atoms with van der Waals surface area (Å²) in [4.78, 5) is 17.0. The highest BCUT2D eigenvalue weighted by molar-refractivity contribution is 5.77. The molecule has 7 heteroatoms. The van der Waals surface area contributed by atoms with Crippen LogP contribution in [-0.4, -0.2) is 69.4 Å². The van der Waals surface area contributed by atoms with Crippen molar-refractivity contribution in [1.82, 2.24) is 24.6 Å². The SMILES string of the molecule is CC(C)n1cnnc1CN1CCC2(CCC(=O)N(CC3CCCO3)C2)CC1. The number of ether oxygens (including phenoxy) is 1. The van der Waals surface area contributed by atoms with Gasteiger partial charge in [-0.25, -0.2) is 0 Å². The molecule has 1 aromatic rings. The first-order valence-corrected chi connectivity index (χ1v) is 10.5. The van der Waals surface area contributed by atoms with E-state index in [-0.39, 0.29) is 6.10 Å². The minimum absolute atomic E-state index is 0.256. The van der Waals surface area contributed by atoms with Crippen LogP contribution in [0.1, 0.15) is 64.2 Å².